The normalized spacial score (nSPS) is 12.3. The first-order chi connectivity index (χ1) is 11.5. The monoisotopic (exact) mass is 347 g/mol. The molecule has 0 aliphatic carbocycles. The molecule has 0 radical (unpaired) electrons. The van der Waals surface area contributed by atoms with Crippen LogP contribution in [0.1, 0.15) is 19.9 Å². The zero-order valence-corrected chi connectivity index (χ0v) is 13.8. The minimum atomic E-state index is -0.800. The van der Waals surface area contributed by atoms with Gasteiger partial charge < -0.3 is 4.74 Å². The predicted molar refractivity (Wildman–Crippen MR) is 87.3 cm³/mol. The second-order valence-electron chi connectivity index (χ2n) is 5.04. The maximum absolute atomic E-state index is 12.6. The Balaban J connectivity index is 2.09. The van der Waals surface area contributed by atoms with Gasteiger partial charge >= 0.3 is 5.97 Å². The van der Waals surface area contributed by atoms with Crippen molar-refractivity contribution in [2.75, 3.05) is 6.61 Å². The van der Waals surface area contributed by atoms with Crippen LogP contribution in [0.3, 0.4) is 0 Å². The highest BCUT2D eigenvalue weighted by Gasteiger charge is 2.21. The fourth-order valence-electron chi connectivity index (χ4n) is 2.26. The minimum Gasteiger partial charge on any atom is -0.464 e. The smallest absolute Gasteiger partial charge is 0.328 e. The van der Waals surface area contributed by atoms with Gasteiger partial charge in [0.25, 0.3) is 5.56 Å². The lowest BCUT2D eigenvalue weighted by atomic mass is 10.3. The molecular formula is C15H14ClN5O3. The molecule has 0 saturated carbocycles. The Bertz CT molecular complexity index is 965. The van der Waals surface area contributed by atoms with Crippen LogP contribution in [0.25, 0.3) is 16.9 Å². The number of carbonyl (C=O) groups excluding carboxylic acids is 1. The second-order valence-corrected chi connectivity index (χ2v) is 5.47. The van der Waals surface area contributed by atoms with E-state index in [1.807, 2.05) is 0 Å². The standard InChI is InChI=1S/C15H14ClN5O3/c1-3-24-15(23)9(2)20-8-17-13-12(14(20)22)18-19-21(13)11-6-4-5-10(16)7-11/h4-9H,3H2,1-2H3/t9-/m0/s1. The summed E-state index contributed by atoms with van der Waals surface area (Å²) >= 11 is 5.98. The van der Waals surface area contributed by atoms with Crippen molar-refractivity contribution in [2.24, 2.45) is 0 Å². The van der Waals surface area contributed by atoms with E-state index < -0.39 is 17.6 Å². The summed E-state index contributed by atoms with van der Waals surface area (Å²) in [6, 6.07) is 6.14. The first-order valence-corrected chi connectivity index (χ1v) is 7.66. The predicted octanol–water partition coefficient (Wildman–Crippen LogP) is 1.75. The number of aromatic nitrogens is 5. The van der Waals surface area contributed by atoms with E-state index in [9.17, 15) is 9.59 Å². The Morgan fingerprint density at radius 3 is 2.92 bits per heavy atom. The molecule has 0 N–H and O–H groups in total. The highest BCUT2D eigenvalue weighted by molar-refractivity contribution is 6.30. The van der Waals surface area contributed by atoms with Crippen LogP contribution in [0.4, 0.5) is 0 Å². The summed E-state index contributed by atoms with van der Waals surface area (Å²) in [5, 5.41) is 8.39. The molecule has 3 rings (SSSR count). The summed E-state index contributed by atoms with van der Waals surface area (Å²) in [5.41, 5.74) is 0.519. The SMILES string of the molecule is CCOC(=O)[C@H](C)n1cnc2c(nnn2-c2cccc(Cl)c2)c1=O. The van der Waals surface area contributed by atoms with Crippen molar-refractivity contribution in [1.82, 2.24) is 24.5 Å². The molecule has 0 aliphatic heterocycles. The molecule has 0 fully saturated rings. The van der Waals surface area contributed by atoms with E-state index >= 15 is 0 Å². The molecule has 2 aromatic heterocycles. The molecule has 2 heterocycles. The largest absolute Gasteiger partial charge is 0.464 e. The zero-order chi connectivity index (χ0) is 17.3. The van der Waals surface area contributed by atoms with Crippen LogP contribution in [-0.4, -0.2) is 37.1 Å². The van der Waals surface area contributed by atoms with Gasteiger partial charge in [-0.3, -0.25) is 9.36 Å². The Morgan fingerprint density at radius 2 is 2.21 bits per heavy atom. The number of hydrogen-bond acceptors (Lipinski definition) is 6. The van der Waals surface area contributed by atoms with E-state index in [1.165, 1.54) is 15.6 Å². The number of nitrogens with zero attached hydrogens (tertiary/aromatic N) is 5. The van der Waals surface area contributed by atoms with Crippen LogP contribution >= 0.6 is 11.6 Å². The van der Waals surface area contributed by atoms with Crippen molar-refractivity contribution in [3.8, 4) is 5.69 Å². The first-order valence-electron chi connectivity index (χ1n) is 7.28. The number of esters is 1. The summed E-state index contributed by atoms with van der Waals surface area (Å²) in [7, 11) is 0. The summed E-state index contributed by atoms with van der Waals surface area (Å²) in [4.78, 5) is 28.6. The van der Waals surface area contributed by atoms with Crippen molar-refractivity contribution >= 4 is 28.7 Å². The van der Waals surface area contributed by atoms with Gasteiger partial charge in [-0.1, -0.05) is 22.9 Å². The Hall–Kier alpha value is -2.74. The number of ether oxygens (including phenoxy) is 1. The topological polar surface area (TPSA) is 91.9 Å². The van der Waals surface area contributed by atoms with E-state index in [0.29, 0.717) is 10.7 Å². The van der Waals surface area contributed by atoms with Crippen molar-refractivity contribution in [2.45, 2.75) is 19.9 Å². The van der Waals surface area contributed by atoms with Gasteiger partial charge in [-0.15, -0.1) is 5.10 Å². The molecule has 0 aliphatic rings. The summed E-state index contributed by atoms with van der Waals surface area (Å²) in [5.74, 6) is -0.511. The molecule has 0 unspecified atom stereocenters. The van der Waals surface area contributed by atoms with Crippen molar-refractivity contribution in [3.05, 3.63) is 46.0 Å². The average molecular weight is 348 g/mol. The highest BCUT2D eigenvalue weighted by Crippen LogP contribution is 2.17. The fraction of sp³-hybridized carbons (Fsp3) is 0.267. The third-order valence-corrected chi connectivity index (χ3v) is 3.72. The van der Waals surface area contributed by atoms with Gasteiger partial charge in [0.2, 0.25) is 0 Å². The van der Waals surface area contributed by atoms with Crippen molar-refractivity contribution in [1.29, 1.82) is 0 Å². The van der Waals surface area contributed by atoms with Crippen LogP contribution in [-0.2, 0) is 9.53 Å². The number of halogens is 1. The van der Waals surface area contributed by atoms with Gasteiger partial charge in [0.05, 0.1) is 12.3 Å². The Morgan fingerprint density at radius 1 is 1.42 bits per heavy atom. The van der Waals surface area contributed by atoms with Crippen LogP contribution < -0.4 is 5.56 Å². The second kappa shape index (κ2) is 6.40. The molecule has 9 heteroatoms. The molecule has 1 aromatic carbocycles. The van der Waals surface area contributed by atoms with Gasteiger partial charge in [-0.2, -0.15) is 4.68 Å². The lowest BCUT2D eigenvalue weighted by Crippen LogP contribution is -2.29. The minimum absolute atomic E-state index is 0.0635. The van der Waals surface area contributed by atoms with Gasteiger partial charge in [0.15, 0.2) is 11.2 Å². The number of benzene rings is 1. The summed E-state index contributed by atoms with van der Waals surface area (Å²) < 4.78 is 7.53. The Kier molecular flexibility index (Phi) is 4.30. The van der Waals surface area contributed by atoms with Crippen molar-refractivity contribution < 1.29 is 9.53 Å². The van der Waals surface area contributed by atoms with Gasteiger partial charge in [-0.25, -0.2) is 9.78 Å². The number of carbonyl (C=O) groups is 1. The molecule has 0 spiro atoms. The van der Waals surface area contributed by atoms with Crippen LogP contribution in [0.5, 0.6) is 0 Å². The van der Waals surface area contributed by atoms with Crippen LogP contribution in [0, 0.1) is 0 Å². The van der Waals surface area contributed by atoms with Gasteiger partial charge in [-0.05, 0) is 32.0 Å². The van der Waals surface area contributed by atoms with Gasteiger partial charge in [0, 0.05) is 5.02 Å². The van der Waals surface area contributed by atoms with Crippen molar-refractivity contribution in [3.63, 3.8) is 0 Å². The van der Waals surface area contributed by atoms with E-state index in [-0.39, 0.29) is 17.8 Å². The fourth-order valence-corrected chi connectivity index (χ4v) is 2.44. The third-order valence-electron chi connectivity index (χ3n) is 3.49. The third kappa shape index (κ3) is 2.76. The molecule has 124 valence electrons. The molecule has 8 nitrogen and oxygen atoms in total. The average Bonchev–Trinajstić information content (AvgIpc) is 3.00. The van der Waals surface area contributed by atoms with Crippen LogP contribution in [0.15, 0.2) is 35.4 Å². The molecule has 0 saturated heterocycles. The molecule has 1 atom stereocenters. The number of fused-ring (bicyclic) bond motifs is 1. The quantitative estimate of drug-likeness (QED) is 0.668. The summed E-state index contributed by atoms with van der Waals surface area (Å²) in [6.45, 7) is 3.50. The number of rotatable bonds is 4. The Labute approximate surface area is 141 Å². The molecule has 0 bridgehead atoms. The zero-order valence-electron chi connectivity index (χ0n) is 13.0. The summed E-state index contributed by atoms with van der Waals surface area (Å²) in [6.07, 6.45) is 1.29. The van der Waals surface area contributed by atoms with E-state index in [0.717, 1.165) is 0 Å². The lowest BCUT2D eigenvalue weighted by Gasteiger charge is -2.12. The highest BCUT2D eigenvalue weighted by atomic mass is 35.5. The van der Waals surface area contributed by atoms with E-state index in [2.05, 4.69) is 15.3 Å². The molecule has 3 aromatic rings. The molecule has 0 amide bonds. The molecular weight excluding hydrogens is 334 g/mol. The van der Waals surface area contributed by atoms with E-state index in [1.54, 1.807) is 38.1 Å². The molecule has 24 heavy (non-hydrogen) atoms. The van der Waals surface area contributed by atoms with E-state index in [4.69, 9.17) is 16.3 Å². The number of hydrogen-bond donors (Lipinski definition) is 0. The maximum Gasteiger partial charge on any atom is 0.328 e. The first kappa shape index (κ1) is 16.1. The lowest BCUT2D eigenvalue weighted by molar-refractivity contribution is -0.146. The van der Waals surface area contributed by atoms with Crippen LogP contribution in [0.2, 0.25) is 5.02 Å². The van der Waals surface area contributed by atoms with Gasteiger partial charge in [0.1, 0.15) is 12.4 Å². The maximum atomic E-state index is 12.6.